The van der Waals surface area contributed by atoms with Crippen molar-refractivity contribution in [2.24, 2.45) is 0 Å². The number of hydrogen-bond donors (Lipinski definition) is 2. The topological polar surface area (TPSA) is 76.1 Å². The van der Waals surface area contributed by atoms with Gasteiger partial charge in [0.15, 0.2) is 5.82 Å². The Morgan fingerprint density at radius 3 is 2.82 bits per heavy atom. The first kappa shape index (κ1) is 13.7. The molecule has 0 spiro atoms. The summed E-state index contributed by atoms with van der Waals surface area (Å²) in [5.41, 5.74) is 0. The molecular weight excluding hydrogens is 240 g/mol. The number of amides is 1. The van der Waals surface area contributed by atoms with Gasteiger partial charge in [0.05, 0.1) is 5.75 Å². The quantitative estimate of drug-likeness (QED) is 0.570. The second-order valence-corrected chi connectivity index (χ2v) is 4.15. The van der Waals surface area contributed by atoms with Gasteiger partial charge in [-0.05, 0) is 0 Å². The highest BCUT2D eigenvalue weighted by molar-refractivity contribution is 7.99. The molecule has 0 aliphatic carbocycles. The van der Waals surface area contributed by atoms with Gasteiger partial charge in [-0.1, -0.05) is 11.8 Å². The molecule has 1 rings (SSSR count). The lowest BCUT2D eigenvalue weighted by Gasteiger charge is -2.06. The van der Waals surface area contributed by atoms with Gasteiger partial charge < -0.3 is 15.4 Å². The van der Waals surface area contributed by atoms with Gasteiger partial charge in [0.25, 0.3) is 0 Å². The minimum atomic E-state index is -0.0343. The van der Waals surface area contributed by atoms with Crippen molar-refractivity contribution in [1.82, 2.24) is 15.3 Å². The van der Waals surface area contributed by atoms with E-state index in [1.165, 1.54) is 11.8 Å². The predicted octanol–water partition coefficient (Wildman–Crippen LogP) is 0.503. The fraction of sp³-hybridized carbons (Fsp3) is 0.500. The van der Waals surface area contributed by atoms with Crippen molar-refractivity contribution in [3.63, 3.8) is 0 Å². The molecule has 0 aromatic carbocycles. The molecule has 2 N–H and O–H groups in total. The zero-order valence-electron chi connectivity index (χ0n) is 10.1. The minimum Gasteiger partial charge on any atom is -0.377 e. The van der Waals surface area contributed by atoms with E-state index in [4.69, 9.17) is 4.74 Å². The van der Waals surface area contributed by atoms with Crippen LogP contribution in [0.25, 0.3) is 0 Å². The normalized spacial score (nSPS) is 10.1. The Balaban J connectivity index is 2.75. The molecule has 1 aromatic heterocycles. The third kappa shape index (κ3) is 4.58. The van der Waals surface area contributed by atoms with Crippen molar-refractivity contribution in [1.29, 1.82) is 0 Å². The zero-order valence-corrected chi connectivity index (χ0v) is 10.9. The van der Waals surface area contributed by atoms with Crippen molar-refractivity contribution in [2.45, 2.75) is 11.6 Å². The van der Waals surface area contributed by atoms with E-state index in [2.05, 4.69) is 20.6 Å². The minimum absolute atomic E-state index is 0.0343. The summed E-state index contributed by atoms with van der Waals surface area (Å²) in [5, 5.41) is 6.26. The smallest absolute Gasteiger partial charge is 0.230 e. The molecule has 1 amide bonds. The van der Waals surface area contributed by atoms with E-state index in [-0.39, 0.29) is 5.91 Å². The van der Waals surface area contributed by atoms with Crippen molar-refractivity contribution in [2.75, 3.05) is 32.3 Å². The second-order valence-electron chi connectivity index (χ2n) is 3.15. The maximum absolute atomic E-state index is 11.1. The fourth-order valence-electron chi connectivity index (χ4n) is 1.08. The van der Waals surface area contributed by atoms with E-state index in [9.17, 15) is 4.79 Å². The number of nitrogens with zero attached hydrogens (tertiary/aromatic N) is 2. The molecule has 0 saturated carbocycles. The van der Waals surface area contributed by atoms with Gasteiger partial charge in [-0.15, -0.1) is 0 Å². The lowest BCUT2D eigenvalue weighted by molar-refractivity contribution is -0.118. The Kier molecular flexibility index (Phi) is 5.71. The average Bonchev–Trinajstić information content (AvgIpc) is 2.36. The summed E-state index contributed by atoms with van der Waals surface area (Å²) in [6, 6.07) is 1.80. The summed E-state index contributed by atoms with van der Waals surface area (Å²) in [6.07, 6.45) is 0. The van der Waals surface area contributed by atoms with Crippen LogP contribution in [-0.4, -0.2) is 42.8 Å². The lowest BCUT2D eigenvalue weighted by Crippen LogP contribution is -2.19. The second kappa shape index (κ2) is 7.08. The molecule has 94 valence electrons. The molecule has 0 bridgehead atoms. The molecule has 6 nitrogen and oxygen atoms in total. The van der Waals surface area contributed by atoms with Crippen molar-refractivity contribution < 1.29 is 9.53 Å². The largest absolute Gasteiger partial charge is 0.377 e. The number of ether oxygens (including phenoxy) is 1. The summed E-state index contributed by atoms with van der Waals surface area (Å²) in [7, 11) is 4.98. The highest BCUT2D eigenvalue weighted by Gasteiger charge is 2.06. The zero-order chi connectivity index (χ0) is 12.7. The first-order chi connectivity index (χ1) is 8.19. The van der Waals surface area contributed by atoms with Crippen LogP contribution in [0.3, 0.4) is 0 Å². The summed E-state index contributed by atoms with van der Waals surface area (Å²) < 4.78 is 4.99. The summed E-state index contributed by atoms with van der Waals surface area (Å²) in [6.45, 7) is 0.350. The molecule has 1 aromatic rings. The number of anilines is 1. The Labute approximate surface area is 105 Å². The maximum atomic E-state index is 11.1. The lowest BCUT2D eigenvalue weighted by atomic mass is 10.5. The summed E-state index contributed by atoms with van der Waals surface area (Å²) >= 11 is 1.36. The van der Waals surface area contributed by atoms with Crippen LogP contribution in [0.2, 0.25) is 0 Å². The van der Waals surface area contributed by atoms with Gasteiger partial charge in [0.2, 0.25) is 5.91 Å². The van der Waals surface area contributed by atoms with E-state index in [0.29, 0.717) is 24.0 Å². The Hall–Kier alpha value is -1.34. The molecule has 0 radical (unpaired) electrons. The molecule has 0 atom stereocenters. The van der Waals surface area contributed by atoms with Gasteiger partial charge in [-0.3, -0.25) is 4.79 Å². The standard InChI is InChI=1S/C10H16N4O2S/c1-11-7-4-10(17-6-9(15)12-2)14-8(13-7)5-16-3/h4H,5-6H2,1-3H3,(H,12,15)(H,11,13,14). The SMILES string of the molecule is CNC(=O)CSc1cc(NC)nc(COC)n1. The average molecular weight is 256 g/mol. The van der Waals surface area contributed by atoms with E-state index < -0.39 is 0 Å². The third-order valence-corrected chi connectivity index (χ3v) is 2.82. The van der Waals surface area contributed by atoms with Crippen molar-refractivity contribution >= 4 is 23.5 Å². The van der Waals surface area contributed by atoms with Gasteiger partial charge in [0.1, 0.15) is 17.5 Å². The van der Waals surface area contributed by atoms with Gasteiger partial charge in [-0.25, -0.2) is 9.97 Å². The summed E-state index contributed by atoms with van der Waals surface area (Å²) in [4.78, 5) is 19.6. The Morgan fingerprint density at radius 2 is 2.24 bits per heavy atom. The number of thioether (sulfide) groups is 1. The number of rotatable bonds is 6. The number of methoxy groups -OCH3 is 1. The number of carbonyl (C=O) groups is 1. The molecule has 1 heterocycles. The van der Waals surface area contributed by atoms with Crippen LogP contribution in [-0.2, 0) is 16.1 Å². The third-order valence-electron chi connectivity index (χ3n) is 1.91. The monoisotopic (exact) mass is 256 g/mol. The van der Waals surface area contributed by atoms with Gasteiger partial charge in [-0.2, -0.15) is 0 Å². The van der Waals surface area contributed by atoms with Crippen LogP contribution in [0, 0.1) is 0 Å². The van der Waals surface area contributed by atoms with E-state index in [1.807, 2.05) is 0 Å². The molecular formula is C10H16N4O2S. The van der Waals surface area contributed by atoms with Gasteiger partial charge in [0, 0.05) is 27.3 Å². The van der Waals surface area contributed by atoms with Crippen LogP contribution >= 0.6 is 11.8 Å². The van der Waals surface area contributed by atoms with Crippen molar-refractivity contribution in [3.8, 4) is 0 Å². The van der Waals surface area contributed by atoms with Crippen LogP contribution in [0.15, 0.2) is 11.1 Å². The molecule has 0 aliphatic rings. The predicted molar refractivity (Wildman–Crippen MR) is 67.1 cm³/mol. The molecule has 0 aliphatic heterocycles. The Morgan fingerprint density at radius 1 is 1.47 bits per heavy atom. The number of carbonyl (C=O) groups excluding carboxylic acids is 1. The molecule has 0 unspecified atom stereocenters. The van der Waals surface area contributed by atoms with Crippen LogP contribution < -0.4 is 10.6 Å². The maximum Gasteiger partial charge on any atom is 0.230 e. The van der Waals surface area contributed by atoms with Crippen molar-refractivity contribution in [3.05, 3.63) is 11.9 Å². The van der Waals surface area contributed by atoms with E-state index in [0.717, 1.165) is 5.03 Å². The molecule has 0 saturated heterocycles. The molecule has 7 heteroatoms. The molecule has 0 fully saturated rings. The highest BCUT2D eigenvalue weighted by Crippen LogP contribution is 2.18. The van der Waals surface area contributed by atoms with Crippen LogP contribution in [0.5, 0.6) is 0 Å². The molecule has 17 heavy (non-hydrogen) atoms. The number of aromatic nitrogens is 2. The Bertz CT molecular complexity index is 387. The first-order valence-electron chi connectivity index (χ1n) is 5.07. The van der Waals surface area contributed by atoms with E-state index >= 15 is 0 Å². The number of nitrogens with one attached hydrogen (secondary N) is 2. The fourth-order valence-corrected chi connectivity index (χ4v) is 1.87. The summed E-state index contributed by atoms with van der Waals surface area (Å²) in [5.74, 6) is 1.61. The number of hydrogen-bond acceptors (Lipinski definition) is 6. The van der Waals surface area contributed by atoms with Gasteiger partial charge >= 0.3 is 0 Å². The van der Waals surface area contributed by atoms with E-state index in [1.54, 1.807) is 27.3 Å². The highest BCUT2D eigenvalue weighted by atomic mass is 32.2. The first-order valence-corrected chi connectivity index (χ1v) is 6.06. The van der Waals surface area contributed by atoms with Crippen LogP contribution in [0.4, 0.5) is 5.82 Å². The van der Waals surface area contributed by atoms with Crippen LogP contribution in [0.1, 0.15) is 5.82 Å².